The normalized spacial score (nSPS) is 13.3. The van der Waals surface area contributed by atoms with E-state index in [9.17, 15) is 8.42 Å². The van der Waals surface area contributed by atoms with Gasteiger partial charge in [0.2, 0.25) is 0 Å². The van der Waals surface area contributed by atoms with E-state index in [-0.39, 0.29) is 10.9 Å². The van der Waals surface area contributed by atoms with Crippen LogP contribution in [0.5, 0.6) is 0 Å². The van der Waals surface area contributed by atoms with E-state index in [0.29, 0.717) is 6.42 Å². The first-order valence-electron chi connectivity index (χ1n) is 6.01. The molecule has 1 aromatic carbocycles. The van der Waals surface area contributed by atoms with Gasteiger partial charge in [0.15, 0.2) is 9.84 Å². The lowest BCUT2D eigenvalue weighted by atomic mass is 10.0. The summed E-state index contributed by atoms with van der Waals surface area (Å²) >= 11 is 0. The average Bonchev–Trinajstić information content (AvgIpc) is 2.80. The van der Waals surface area contributed by atoms with Crippen molar-refractivity contribution in [2.75, 3.05) is 6.26 Å². The maximum absolute atomic E-state index is 11.6. The summed E-state index contributed by atoms with van der Waals surface area (Å²) in [6.07, 6.45) is 3.16. The van der Waals surface area contributed by atoms with Crippen molar-refractivity contribution in [3.05, 3.63) is 42.0 Å². The molecule has 1 heterocycles. The van der Waals surface area contributed by atoms with Gasteiger partial charge in [-0.15, -0.1) is 0 Å². The fraction of sp³-hybridized carbons (Fsp3) is 0.333. The van der Waals surface area contributed by atoms with Crippen LogP contribution >= 0.6 is 0 Å². The zero-order valence-corrected chi connectivity index (χ0v) is 12.1. The molecule has 1 atom stereocenters. The van der Waals surface area contributed by atoms with Crippen molar-refractivity contribution >= 4 is 9.84 Å². The van der Waals surface area contributed by atoms with Crippen molar-refractivity contribution in [3.8, 4) is 0 Å². The number of nitrogens with one attached hydrogen (secondary N) is 1. The lowest BCUT2D eigenvalue weighted by molar-refractivity contribution is 0.522. The second-order valence-corrected chi connectivity index (χ2v) is 6.58. The molecule has 0 aliphatic heterocycles. The Balaban J connectivity index is 2.31. The Morgan fingerprint density at radius 1 is 1.45 bits per heavy atom. The van der Waals surface area contributed by atoms with Crippen LogP contribution in [-0.2, 0) is 23.3 Å². The van der Waals surface area contributed by atoms with Gasteiger partial charge in [-0.2, -0.15) is 5.10 Å². The number of rotatable bonds is 5. The average molecular weight is 295 g/mol. The maximum Gasteiger partial charge on any atom is 0.175 e. The first kappa shape index (κ1) is 14.6. The molecule has 108 valence electrons. The summed E-state index contributed by atoms with van der Waals surface area (Å²) in [5.41, 5.74) is 3.48. The van der Waals surface area contributed by atoms with Gasteiger partial charge in [0.25, 0.3) is 0 Å². The highest BCUT2D eigenvalue weighted by Gasteiger charge is 2.16. The molecule has 0 aliphatic rings. The quantitative estimate of drug-likeness (QED) is 0.593. The molecular weight excluding hydrogens is 278 g/mol. The molecule has 3 N–H and O–H groups in total. The number of nitrogens with two attached hydrogens (primary N) is 1. The molecule has 0 saturated carbocycles. The van der Waals surface area contributed by atoms with Gasteiger partial charge < -0.3 is 0 Å². The minimum absolute atomic E-state index is 0.236. The van der Waals surface area contributed by atoms with Crippen LogP contribution in [-0.4, -0.2) is 29.4 Å². The molecule has 2 rings (SSSR count). The van der Waals surface area contributed by atoms with Crippen LogP contribution in [0.25, 0.3) is 0 Å². The fourth-order valence-corrected chi connectivity index (χ4v) is 2.60. The van der Waals surface area contributed by atoms with Crippen molar-refractivity contribution in [2.45, 2.75) is 17.4 Å². The molecule has 7 nitrogen and oxygen atoms in total. The van der Waals surface area contributed by atoms with Crippen LogP contribution in [0, 0.1) is 0 Å². The lowest BCUT2D eigenvalue weighted by Gasteiger charge is -2.16. The largest absolute Gasteiger partial charge is 0.271 e. The third-order valence-electron chi connectivity index (χ3n) is 3.08. The molecule has 0 amide bonds. The molecule has 1 aromatic heterocycles. The highest BCUT2D eigenvalue weighted by molar-refractivity contribution is 7.90. The van der Waals surface area contributed by atoms with Gasteiger partial charge in [-0.05, 0) is 17.7 Å². The molecule has 2 aromatic rings. The summed E-state index contributed by atoms with van der Waals surface area (Å²) in [6.45, 7) is 0. The van der Waals surface area contributed by atoms with Gasteiger partial charge in [-0.25, -0.2) is 13.4 Å². The van der Waals surface area contributed by atoms with Gasteiger partial charge >= 0.3 is 0 Å². The van der Waals surface area contributed by atoms with Crippen LogP contribution in [0.1, 0.15) is 17.4 Å². The van der Waals surface area contributed by atoms with E-state index in [1.165, 1.54) is 12.6 Å². The van der Waals surface area contributed by atoms with Gasteiger partial charge in [-0.1, -0.05) is 12.1 Å². The SMILES string of the molecule is Cn1ncnc1CC(NN)c1cccc(S(C)(=O)=O)c1. The van der Waals surface area contributed by atoms with E-state index >= 15 is 0 Å². The Kier molecular flexibility index (Phi) is 4.17. The van der Waals surface area contributed by atoms with Crippen molar-refractivity contribution in [1.29, 1.82) is 0 Å². The highest BCUT2D eigenvalue weighted by atomic mass is 32.2. The third kappa shape index (κ3) is 3.21. The monoisotopic (exact) mass is 295 g/mol. The topological polar surface area (TPSA) is 103 Å². The molecule has 0 fully saturated rings. The second kappa shape index (κ2) is 5.70. The number of hydrogen-bond acceptors (Lipinski definition) is 6. The fourth-order valence-electron chi connectivity index (χ4n) is 1.92. The summed E-state index contributed by atoms with van der Waals surface area (Å²) < 4.78 is 24.8. The molecule has 8 heteroatoms. The van der Waals surface area contributed by atoms with E-state index in [4.69, 9.17) is 5.84 Å². The Morgan fingerprint density at radius 2 is 2.20 bits per heavy atom. The molecular formula is C12H17N5O2S. The van der Waals surface area contributed by atoms with Crippen molar-refractivity contribution in [1.82, 2.24) is 20.2 Å². The Morgan fingerprint density at radius 3 is 2.75 bits per heavy atom. The van der Waals surface area contributed by atoms with Crippen LogP contribution < -0.4 is 11.3 Å². The van der Waals surface area contributed by atoms with Crippen LogP contribution in [0.15, 0.2) is 35.5 Å². The predicted molar refractivity (Wildman–Crippen MR) is 74.3 cm³/mol. The van der Waals surface area contributed by atoms with Gasteiger partial charge in [0.05, 0.1) is 10.9 Å². The van der Waals surface area contributed by atoms with Gasteiger partial charge in [0, 0.05) is 19.7 Å². The number of hydrogen-bond donors (Lipinski definition) is 2. The van der Waals surface area contributed by atoms with Gasteiger partial charge in [0.1, 0.15) is 12.2 Å². The van der Waals surface area contributed by atoms with E-state index in [1.54, 1.807) is 29.9 Å². The van der Waals surface area contributed by atoms with Crippen molar-refractivity contribution in [2.24, 2.45) is 12.9 Å². The predicted octanol–water partition coefficient (Wildman–Crippen LogP) is -0.0343. The van der Waals surface area contributed by atoms with Crippen LogP contribution in [0.3, 0.4) is 0 Å². The standard InChI is InChI=1S/C12H17N5O2S/c1-17-12(14-8-15-17)7-11(16-13)9-4-3-5-10(6-9)20(2,18)19/h3-6,8,11,16H,7,13H2,1-2H3. The molecule has 1 unspecified atom stereocenters. The summed E-state index contributed by atoms with van der Waals surface area (Å²) in [4.78, 5) is 4.41. The summed E-state index contributed by atoms with van der Waals surface area (Å²) in [7, 11) is -1.44. The summed E-state index contributed by atoms with van der Waals surface area (Å²) in [5.74, 6) is 6.34. The van der Waals surface area contributed by atoms with Crippen molar-refractivity contribution in [3.63, 3.8) is 0 Å². The zero-order valence-electron chi connectivity index (χ0n) is 11.3. The maximum atomic E-state index is 11.6. The minimum atomic E-state index is -3.24. The van der Waals surface area contributed by atoms with E-state index in [0.717, 1.165) is 11.4 Å². The molecule has 20 heavy (non-hydrogen) atoms. The number of hydrazine groups is 1. The van der Waals surface area contributed by atoms with E-state index in [1.807, 2.05) is 6.07 Å². The zero-order chi connectivity index (χ0) is 14.8. The van der Waals surface area contributed by atoms with Crippen molar-refractivity contribution < 1.29 is 8.42 Å². The van der Waals surface area contributed by atoms with E-state index in [2.05, 4.69) is 15.5 Å². The molecule has 0 spiro atoms. The minimum Gasteiger partial charge on any atom is -0.271 e. The van der Waals surface area contributed by atoms with Crippen LogP contribution in [0.4, 0.5) is 0 Å². The highest BCUT2D eigenvalue weighted by Crippen LogP contribution is 2.20. The lowest BCUT2D eigenvalue weighted by Crippen LogP contribution is -2.30. The third-order valence-corrected chi connectivity index (χ3v) is 4.19. The first-order chi connectivity index (χ1) is 9.41. The number of aryl methyl sites for hydroxylation is 1. The summed E-state index contributed by atoms with van der Waals surface area (Å²) in [6, 6.07) is 6.48. The Hall–Kier alpha value is -1.77. The molecule has 0 saturated heterocycles. The summed E-state index contributed by atoms with van der Waals surface area (Å²) in [5, 5.41) is 4.00. The molecule has 0 radical (unpaired) electrons. The molecule has 0 aliphatic carbocycles. The Bertz CT molecular complexity index is 695. The first-order valence-corrected chi connectivity index (χ1v) is 7.90. The van der Waals surface area contributed by atoms with Crippen LogP contribution in [0.2, 0.25) is 0 Å². The second-order valence-electron chi connectivity index (χ2n) is 4.57. The number of aromatic nitrogens is 3. The number of nitrogens with zero attached hydrogens (tertiary/aromatic N) is 3. The van der Waals surface area contributed by atoms with E-state index < -0.39 is 9.84 Å². The molecule has 0 bridgehead atoms. The smallest absolute Gasteiger partial charge is 0.175 e. The number of benzene rings is 1. The Labute approximate surface area is 117 Å². The number of sulfone groups is 1. The van der Waals surface area contributed by atoms with Gasteiger partial charge in [-0.3, -0.25) is 16.0 Å².